The average Bonchev–Trinajstić information content (AvgIpc) is 3.10. The third-order valence-electron chi connectivity index (χ3n) is 4.88. The summed E-state index contributed by atoms with van der Waals surface area (Å²) in [5, 5.41) is 4.34. The first-order valence-electron chi connectivity index (χ1n) is 9.56. The Bertz CT molecular complexity index is 1140. The lowest BCUT2D eigenvalue weighted by Gasteiger charge is -2.13. The van der Waals surface area contributed by atoms with Crippen molar-refractivity contribution >= 4 is 33.5 Å². The molecular formula is C23H19BrN2O4. The Kier molecular flexibility index (Phi) is 5.81. The molecule has 4 rings (SSSR count). The number of carbonyl (C=O) groups is 2. The van der Waals surface area contributed by atoms with Gasteiger partial charge in [-0.3, -0.25) is 4.79 Å². The highest BCUT2D eigenvalue weighted by atomic mass is 79.9. The van der Waals surface area contributed by atoms with Crippen LogP contribution in [0.2, 0.25) is 0 Å². The number of carbonyl (C=O) groups excluding carboxylic acids is 2. The molecule has 0 spiro atoms. The van der Waals surface area contributed by atoms with Gasteiger partial charge in [-0.2, -0.15) is 5.10 Å². The minimum atomic E-state index is -0.551. The zero-order valence-corrected chi connectivity index (χ0v) is 17.9. The molecule has 1 heterocycles. The minimum absolute atomic E-state index is 0.163. The molecule has 0 aliphatic heterocycles. The summed E-state index contributed by atoms with van der Waals surface area (Å²) < 4.78 is 11.9. The third-order valence-corrected chi connectivity index (χ3v) is 5.57. The van der Waals surface area contributed by atoms with Crippen LogP contribution in [0.25, 0.3) is 0 Å². The molecular weight excluding hydrogens is 448 g/mol. The van der Waals surface area contributed by atoms with E-state index in [1.54, 1.807) is 49.4 Å². The van der Waals surface area contributed by atoms with E-state index in [1.165, 1.54) is 0 Å². The fourth-order valence-corrected chi connectivity index (χ4v) is 3.91. The highest BCUT2D eigenvalue weighted by Crippen LogP contribution is 2.30. The van der Waals surface area contributed by atoms with E-state index >= 15 is 0 Å². The Morgan fingerprint density at radius 1 is 1.07 bits per heavy atom. The van der Waals surface area contributed by atoms with E-state index in [2.05, 4.69) is 26.5 Å². The summed E-state index contributed by atoms with van der Waals surface area (Å²) in [6, 6.07) is 16.0. The maximum Gasteiger partial charge on any atom is 0.379 e. The Balaban J connectivity index is 1.58. The molecule has 0 bridgehead atoms. The third kappa shape index (κ3) is 4.07. The van der Waals surface area contributed by atoms with E-state index in [0.717, 1.165) is 12.0 Å². The van der Waals surface area contributed by atoms with Gasteiger partial charge in [0.1, 0.15) is 11.5 Å². The fourth-order valence-electron chi connectivity index (χ4n) is 3.44. The number of nitrogens with zero attached hydrogens (tertiary/aromatic N) is 1. The smallest absolute Gasteiger partial charge is 0.379 e. The molecule has 152 valence electrons. The van der Waals surface area contributed by atoms with Crippen LogP contribution in [0.15, 0.2) is 68.6 Å². The van der Waals surface area contributed by atoms with Crippen LogP contribution in [-0.2, 0) is 6.42 Å². The topological polar surface area (TPSA) is 80.9 Å². The van der Waals surface area contributed by atoms with Crippen molar-refractivity contribution in [2.45, 2.75) is 26.2 Å². The number of fused-ring (bicyclic) bond motifs is 1. The van der Waals surface area contributed by atoms with Gasteiger partial charge >= 0.3 is 5.97 Å². The number of halogens is 1. The number of rotatable bonds is 4. The molecule has 6 nitrogen and oxygen atoms in total. The van der Waals surface area contributed by atoms with Crippen molar-refractivity contribution in [2.24, 2.45) is 5.10 Å². The molecule has 1 aliphatic carbocycles. The van der Waals surface area contributed by atoms with Gasteiger partial charge in [0.15, 0.2) is 0 Å². The summed E-state index contributed by atoms with van der Waals surface area (Å²) in [5.41, 5.74) is 5.24. The number of hydrogen-bond acceptors (Lipinski definition) is 5. The van der Waals surface area contributed by atoms with E-state index < -0.39 is 5.97 Å². The Morgan fingerprint density at radius 3 is 2.57 bits per heavy atom. The Morgan fingerprint density at radius 2 is 1.80 bits per heavy atom. The minimum Gasteiger partial charge on any atom is -0.453 e. The largest absolute Gasteiger partial charge is 0.453 e. The van der Waals surface area contributed by atoms with Crippen molar-refractivity contribution in [2.75, 3.05) is 0 Å². The van der Waals surface area contributed by atoms with E-state index in [4.69, 9.17) is 9.15 Å². The van der Waals surface area contributed by atoms with E-state index in [1.807, 2.05) is 12.1 Å². The maximum atomic E-state index is 12.6. The normalized spacial score (nSPS) is 14.3. The number of amides is 1. The van der Waals surface area contributed by atoms with Gasteiger partial charge in [-0.05, 0) is 60.0 Å². The van der Waals surface area contributed by atoms with Crippen molar-refractivity contribution < 1.29 is 18.7 Å². The van der Waals surface area contributed by atoms with Crippen molar-refractivity contribution in [1.29, 1.82) is 0 Å². The van der Waals surface area contributed by atoms with E-state index in [0.29, 0.717) is 45.7 Å². The van der Waals surface area contributed by atoms with Gasteiger partial charge in [0.2, 0.25) is 5.76 Å². The van der Waals surface area contributed by atoms with Gasteiger partial charge in [-0.1, -0.05) is 30.3 Å². The first-order valence-corrected chi connectivity index (χ1v) is 10.3. The molecule has 0 saturated carbocycles. The number of para-hydroxylation sites is 1. The first-order chi connectivity index (χ1) is 14.5. The van der Waals surface area contributed by atoms with Crippen LogP contribution in [0.3, 0.4) is 0 Å². The van der Waals surface area contributed by atoms with Crippen LogP contribution >= 0.6 is 15.9 Å². The average molecular weight is 467 g/mol. The standard InChI is InChI=1S/C23H19BrN2O4/c1-14-20-18(25-26-22(27)16-10-5-6-11-17(16)24)12-7-13-19(20)30-21(14)23(28)29-15-8-3-2-4-9-15/h2-6,8-11H,7,12-13H2,1H3,(H,26,27)/b25-18+. The van der Waals surface area contributed by atoms with Gasteiger partial charge < -0.3 is 9.15 Å². The van der Waals surface area contributed by atoms with Crippen LogP contribution in [0.4, 0.5) is 0 Å². The van der Waals surface area contributed by atoms with Gasteiger partial charge in [0.25, 0.3) is 5.91 Å². The van der Waals surface area contributed by atoms with Crippen LogP contribution in [0, 0.1) is 6.92 Å². The molecule has 0 atom stereocenters. The first kappa shape index (κ1) is 20.1. The number of esters is 1. The number of nitrogens with one attached hydrogen (secondary N) is 1. The molecule has 0 unspecified atom stereocenters. The zero-order valence-electron chi connectivity index (χ0n) is 16.3. The lowest BCUT2D eigenvalue weighted by molar-refractivity contribution is 0.0698. The SMILES string of the molecule is Cc1c(C(=O)Oc2ccccc2)oc2c1/C(=N/NC(=O)c1ccccc1Br)CCC2. The number of hydrogen-bond donors (Lipinski definition) is 1. The molecule has 1 N–H and O–H groups in total. The molecule has 7 heteroatoms. The summed E-state index contributed by atoms with van der Waals surface area (Å²) in [4.78, 5) is 25.1. The number of ether oxygens (including phenoxy) is 1. The van der Waals surface area contributed by atoms with Gasteiger partial charge in [-0.15, -0.1) is 0 Å². The van der Waals surface area contributed by atoms with Crippen LogP contribution in [-0.4, -0.2) is 17.6 Å². The second-order valence-corrected chi connectivity index (χ2v) is 7.74. The molecule has 0 radical (unpaired) electrons. The second-order valence-electron chi connectivity index (χ2n) is 6.89. The highest BCUT2D eigenvalue weighted by Gasteiger charge is 2.29. The number of aryl methyl sites for hydroxylation is 1. The Labute approximate surface area is 182 Å². The highest BCUT2D eigenvalue weighted by molar-refractivity contribution is 9.10. The zero-order chi connectivity index (χ0) is 21.1. The van der Waals surface area contributed by atoms with Gasteiger partial charge in [0, 0.05) is 22.0 Å². The lowest BCUT2D eigenvalue weighted by Crippen LogP contribution is -2.22. The summed E-state index contributed by atoms with van der Waals surface area (Å²) >= 11 is 3.37. The number of hydrazone groups is 1. The molecule has 2 aromatic carbocycles. The van der Waals surface area contributed by atoms with Gasteiger partial charge in [0.05, 0.1) is 11.3 Å². The molecule has 3 aromatic rings. The molecule has 1 amide bonds. The lowest BCUT2D eigenvalue weighted by atomic mass is 9.93. The predicted octanol–water partition coefficient (Wildman–Crippen LogP) is 5.04. The predicted molar refractivity (Wildman–Crippen MR) is 116 cm³/mol. The van der Waals surface area contributed by atoms with Crippen LogP contribution < -0.4 is 10.2 Å². The summed E-state index contributed by atoms with van der Waals surface area (Å²) in [6.07, 6.45) is 2.19. The van der Waals surface area contributed by atoms with Crippen LogP contribution in [0.1, 0.15) is 50.6 Å². The van der Waals surface area contributed by atoms with Crippen molar-refractivity contribution in [3.05, 3.63) is 87.3 Å². The fraction of sp³-hybridized carbons (Fsp3) is 0.174. The maximum absolute atomic E-state index is 12.6. The van der Waals surface area contributed by atoms with Crippen molar-refractivity contribution in [1.82, 2.24) is 5.43 Å². The second kappa shape index (κ2) is 8.67. The summed E-state index contributed by atoms with van der Waals surface area (Å²) in [6.45, 7) is 1.81. The monoisotopic (exact) mass is 466 g/mol. The number of furan rings is 1. The summed E-state index contributed by atoms with van der Waals surface area (Å²) in [5.74, 6) is 0.436. The summed E-state index contributed by atoms with van der Waals surface area (Å²) in [7, 11) is 0. The van der Waals surface area contributed by atoms with E-state index in [-0.39, 0.29) is 11.7 Å². The Hall–Kier alpha value is -3.19. The van der Waals surface area contributed by atoms with E-state index in [9.17, 15) is 9.59 Å². The van der Waals surface area contributed by atoms with Crippen molar-refractivity contribution in [3.8, 4) is 5.75 Å². The molecule has 0 saturated heterocycles. The molecule has 30 heavy (non-hydrogen) atoms. The van der Waals surface area contributed by atoms with Gasteiger partial charge in [-0.25, -0.2) is 10.2 Å². The molecule has 1 aliphatic rings. The molecule has 0 fully saturated rings. The quantitative estimate of drug-likeness (QED) is 0.331. The molecule has 1 aromatic heterocycles. The van der Waals surface area contributed by atoms with Crippen molar-refractivity contribution in [3.63, 3.8) is 0 Å². The number of benzene rings is 2. The van der Waals surface area contributed by atoms with Crippen LogP contribution in [0.5, 0.6) is 5.75 Å².